The van der Waals surface area contributed by atoms with Gasteiger partial charge in [-0.05, 0) is 85.6 Å². The van der Waals surface area contributed by atoms with Gasteiger partial charge in [-0.15, -0.1) is 0 Å². The highest BCUT2D eigenvalue weighted by molar-refractivity contribution is 7.86. The molecule has 0 saturated heterocycles. The van der Waals surface area contributed by atoms with Gasteiger partial charge in [0.15, 0.2) is 0 Å². The highest BCUT2D eigenvalue weighted by Gasteiger charge is 2.44. The Morgan fingerprint density at radius 1 is 0.697 bits per heavy atom. The monoisotopic (exact) mass is 1140 g/mol. The van der Waals surface area contributed by atoms with Crippen LogP contribution in [0.3, 0.4) is 0 Å². The van der Waals surface area contributed by atoms with Crippen molar-refractivity contribution < 1.29 is 91.8 Å². The maximum atomic E-state index is 12.5. The molecular weight excluding hydrogens is 1060 g/mol. The number of allylic oxidation sites excluding steroid dienone is 6. The maximum Gasteiger partial charge on any atom is 0.305 e. The van der Waals surface area contributed by atoms with Crippen molar-refractivity contribution in [3.63, 3.8) is 0 Å². The molecule has 432 valence electrons. The van der Waals surface area contributed by atoms with Crippen LogP contribution in [-0.4, -0.2) is 192 Å². The molecule has 1 unspecified atom stereocenters. The molecule has 1 aliphatic heterocycles. The lowest BCUT2D eigenvalue weighted by molar-refractivity contribution is -0.138. The van der Waals surface area contributed by atoms with Crippen molar-refractivity contribution in [1.82, 2.24) is 0 Å². The molecule has 2 aromatic rings. The number of carboxylic acids is 1. The van der Waals surface area contributed by atoms with E-state index >= 15 is 0 Å². The summed E-state index contributed by atoms with van der Waals surface area (Å²) in [7, 11) is -11.6. The first-order chi connectivity index (χ1) is 35.8. The average Bonchev–Trinajstić information content (AvgIpc) is 3.55. The third-order valence-electron chi connectivity index (χ3n) is 11.7. The zero-order valence-electron chi connectivity index (χ0n) is 44.4. The van der Waals surface area contributed by atoms with E-state index in [1.807, 2.05) is 35.0 Å². The minimum absolute atomic E-state index is 0.000941. The molecule has 0 amide bonds. The van der Waals surface area contributed by atoms with Gasteiger partial charge in [-0.3, -0.25) is 18.5 Å². The van der Waals surface area contributed by atoms with Crippen molar-refractivity contribution in [1.29, 1.82) is 0 Å². The Balaban J connectivity index is 1.92. The van der Waals surface area contributed by atoms with Crippen LogP contribution in [-0.2, 0) is 78.5 Å². The number of rotatable bonds is 41. The molecular formula is C51H80N2O20S3. The molecule has 0 aliphatic carbocycles. The van der Waals surface area contributed by atoms with Gasteiger partial charge in [0.05, 0.1) is 115 Å². The Morgan fingerprint density at radius 2 is 1.24 bits per heavy atom. The second-order valence-electron chi connectivity index (χ2n) is 19.1. The van der Waals surface area contributed by atoms with E-state index in [1.54, 1.807) is 37.5 Å². The van der Waals surface area contributed by atoms with Gasteiger partial charge in [-0.2, -0.15) is 25.3 Å². The van der Waals surface area contributed by atoms with E-state index in [0.29, 0.717) is 86.4 Å². The van der Waals surface area contributed by atoms with Gasteiger partial charge in [0, 0.05) is 67.5 Å². The number of phenolic OH excluding ortho intramolecular Hbond substituents is 1. The standard InChI is InChI=1S/C51H80N2O20S3/c1-50(2,3)17-15-41(44-13-11-42(39-47(44)54)52(19-7-37-74(57,58)59)21-24-69-29-32-73-34-33-70-26-25-66-5)9-6-10-48-51(4,18-23-68-28-31-72-36-35-71-30-27-67-22-16-49(55)56)45-40-43(76(63,64)65)12-14-46(45)53(48)20-8-38-75(60,61)62/h6,9-15,39-40,54H,7-8,16-38H2,1-5H3,(H,55,56)(H,57,58,59)(H,60,61,62)(H,63,64,65)/b9-6+,41-15-,48-10-. The van der Waals surface area contributed by atoms with Crippen LogP contribution >= 0.6 is 0 Å². The Bertz CT molecular complexity index is 2510. The van der Waals surface area contributed by atoms with Crippen LogP contribution < -0.4 is 9.80 Å². The van der Waals surface area contributed by atoms with Crippen LogP contribution in [0, 0.1) is 5.41 Å². The van der Waals surface area contributed by atoms with E-state index in [-0.39, 0.29) is 114 Å². The largest absolute Gasteiger partial charge is 0.507 e. The molecule has 1 aliphatic rings. The molecule has 0 aromatic heterocycles. The summed E-state index contributed by atoms with van der Waals surface area (Å²) in [4.78, 5) is 14.0. The molecule has 2 aromatic carbocycles. The van der Waals surface area contributed by atoms with Crippen LogP contribution in [0.1, 0.15) is 70.9 Å². The molecule has 22 nitrogen and oxygen atoms in total. The van der Waals surface area contributed by atoms with E-state index in [0.717, 1.165) is 0 Å². The molecule has 5 N–H and O–H groups in total. The molecule has 0 radical (unpaired) electrons. The predicted octanol–water partition coefficient (Wildman–Crippen LogP) is 5.67. The van der Waals surface area contributed by atoms with Crippen LogP contribution in [0.2, 0.25) is 0 Å². The smallest absolute Gasteiger partial charge is 0.305 e. The Kier molecular flexibility index (Phi) is 29.1. The zero-order chi connectivity index (χ0) is 56.3. The lowest BCUT2D eigenvalue weighted by Crippen LogP contribution is -2.31. The number of hydrogen-bond donors (Lipinski definition) is 5. The SMILES string of the molecule is COCCOCCOCCOCCN(CCCS(=O)(=O)O)c1ccc(C(=C\CC(C)(C)C)/C=C/C=C2\N(CCCS(=O)(=O)O)c3ccc(S(=O)(=O)O)cc3C2(C)CCOCCOCCOCCOCCC(=O)O)c(O)c1. The number of methoxy groups -OCH3 is 1. The summed E-state index contributed by atoms with van der Waals surface area (Å²) < 4.78 is 145. The number of phenols is 1. The number of carboxylic acid groups (broad SMARTS) is 1. The van der Waals surface area contributed by atoms with E-state index in [4.69, 9.17) is 43.0 Å². The summed E-state index contributed by atoms with van der Waals surface area (Å²) in [6, 6.07) is 9.31. The fourth-order valence-corrected chi connectivity index (χ4v) is 9.35. The number of benzene rings is 2. The van der Waals surface area contributed by atoms with E-state index in [9.17, 15) is 48.8 Å². The topological polar surface area (TPSA) is 301 Å². The fraction of sp³-hybridized carbons (Fsp3) is 0.627. The van der Waals surface area contributed by atoms with E-state index < -0.39 is 53.2 Å². The van der Waals surface area contributed by atoms with Crippen LogP contribution in [0.15, 0.2) is 71.3 Å². The maximum absolute atomic E-state index is 12.5. The highest BCUT2D eigenvalue weighted by Crippen LogP contribution is 2.51. The second-order valence-corrected chi connectivity index (χ2v) is 23.7. The number of aliphatic carboxylic acids is 1. The van der Waals surface area contributed by atoms with Crippen LogP contribution in [0.5, 0.6) is 5.75 Å². The van der Waals surface area contributed by atoms with E-state index in [1.165, 1.54) is 12.1 Å². The van der Waals surface area contributed by atoms with Crippen molar-refractivity contribution in [2.24, 2.45) is 5.41 Å². The Labute approximate surface area is 449 Å². The highest BCUT2D eigenvalue weighted by atomic mass is 32.2. The van der Waals surface area contributed by atoms with Gasteiger partial charge in [-0.25, -0.2) is 0 Å². The Hall–Kier alpha value is -4.06. The minimum atomic E-state index is -4.65. The lowest BCUT2D eigenvalue weighted by Gasteiger charge is -2.30. The van der Waals surface area contributed by atoms with Gasteiger partial charge in [0.2, 0.25) is 0 Å². The quantitative estimate of drug-likeness (QED) is 0.0304. The number of ether oxygens (including phenoxy) is 8. The Morgan fingerprint density at radius 3 is 1.76 bits per heavy atom. The third kappa shape index (κ3) is 26.1. The number of fused-ring (bicyclic) bond motifs is 1. The second kappa shape index (κ2) is 33.4. The van der Waals surface area contributed by atoms with Gasteiger partial charge in [-0.1, -0.05) is 39.0 Å². The first-order valence-corrected chi connectivity index (χ1v) is 29.7. The predicted molar refractivity (Wildman–Crippen MR) is 287 cm³/mol. The number of nitrogens with zero attached hydrogens (tertiary/aromatic N) is 2. The van der Waals surface area contributed by atoms with E-state index in [2.05, 4.69) is 20.8 Å². The van der Waals surface area contributed by atoms with Gasteiger partial charge < -0.3 is 57.9 Å². The van der Waals surface area contributed by atoms with Crippen molar-refractivity contribution in [3.8, 4) is 5.75 Å². The zero-order valence-corrected chi connectivity index (χ0v) is 46.9. The molecule has 76 heavy (non-hydrogen) atoms. The molecule has 25 heteroatoms. The summed E-state index contributed by atoms with van der Waals surface area (Å²) in [6.07, 6.45) is 8.28. The molecule has 0 spiro atoms. The summed E-state index contributed by atoms with van der Waals surface area (Å²) in [5.74, 6) is -2.03. The van der Waals surface area contributed by atoms with Crippen molar-refractivity contribution in [3.05, 3.63) is 77.5 Å². The first kappa shape index (κ1) is 66.2. The minimum Gasteiger partial charge on any atom is -0.507 e. The van der Waals surface area contributed by atoms with Gasteiger partial charge in [0.25, 0.3) is 30.4 Å². The van der Waals surface area contributed by atoms with Crippen LogP contribution in [0.25, 0.3) is 5.57 Å². The summed E-state index contributed by atoms with van der Waals surface area (Å²) in [6.45, 7) is 13.1. The third-order valence-corrected chi connectivity index (χ3v) is 14.2. The molecule has 3 rings (SSSR count). The summed E-state index contributed by atoms with van der Waals surface area (Å²) in [5, 5.41) is 20.4. The van der Waals surface area contributed by atoms with Crippen molar-refractivity contribution in [2.45, 2.75) is 70.1 Å². The molecule has 0 fully saturated rings. The molecule has 1 atom stereocenters. The normalized spacial score (nSPS) is 16.1. The van der Waals surface area contributed by atoms with Crippen molar-refractivity contribution in [2.75, 3.05) is 147 Å². The number of carbonyl (C=O) groups is 1. The fourth-order valence-electron chi connectivity index (χ4n) is 7.85. The summed E-state index contributed by atoms with van der Waals surface area (Å²) >= 11 is 0. The van der Waals surface area contributed by atoms with Crippen LogP contribution in [0.4, 0.5) is 11.4 Å². The molecule has 0 bridgehead atoms. The molecule has 0 saturated carbocycles. The number of aromatic hydroxyl groups is 1. The van der Waals surface area contributed by atoms with Crippen molar-refractivity contribution >= 4 is 53.3 Å². The van der Waals surface area contributed by atoms with Gasteiger partial charge in [0.1, 0.15) is 5.75 Å². The number of anilines is 2. The first-order valence-electron chi connectivity index (χ1n) is 25.1. The lowest BCUT2D eigenvalue weighted by atomic mass is 9.78. The molecule has 1 heterocycles. The number of hydrogen-bond acceptors (Lipinski definition) is 18. The summed E-state index contributed by atoms with van der Waals surface area (Å²) in [5.41, 5.74) is 2.24. The average molecular weight is 1140 g/mol. The van der Waals surface area contributed by atoms with Gasteiger partial charge >= 0.3 is 5.97 Å².